The maximum Gasteiger partial charge on any atom is 0.157 e. The van der Waals surface area contributed by atoms with Gasteiger partial charge in [-0.15, -0.1) is 0 Å². The Morgan fingerprint density at radius 3 is 2.11 bits per heavy atom. The van der Waals surface area contributed by atoms with Crippen molar-refractivity contribution in [3.63, 3.8) is 0 Å². The first kappa shape index (κ1) is 37.8. The van der Waals surface area contributed by atoms with Crippen LogP contribution in [0, 0.1) is 0 Å². The van der Waals surface area contributed by atoms with Crippen LogP contribution < -0.4 is 16.3 Å². The van der Waals surface area contributed by atoms with E-state index < -0.39 is 0 Å². The summed E-state index contributed by atoms with van der Waals surface area (Å²) < 4.78 is 4.85. The molecule has 274 valence electrons. The molecule has 0 fully saturated rings. The molecule has 54 heavy (non-hydrogen) atoms. The molecule has 2 aromatic heterocycles. The molecule has 0 atom stereocenters. The summed E-state index contributed by atoms with van der Waals surface area (Å²) in [5.41, 5.74) is 16.8. The first-order valence-corrected chi connectivity index (χ1v) is 18.9. The predicted octanol–water partition coefficient (Wildman–Crippen LogP) is 9.19. The zero-order chi connectivity index (χ0) is 38.4. The van der Waals surface area contributed by atoms with Crippen LogP contribution in [0.1, 0.15) is 75.8 Å². The highest BCUT2D eigenvalue weighted by atomic mass is 16.2. The number of hydrogen-bond donors (Lipinski definition) is 2. The second-order valence-corrected chi connectivity index (χ2v) is 13.5. The van der Waals surface area contributed by atoms with Crippen LogP contribution in [-0.4, -0.2) is 33.0 Å². The van der Waals surface area contributed by atoms with Crippen molar-refractivity contribution in [2.75, 3.05) is 7.11 Å². The van der Waals surface area contributed by atoms with E-state index in [9.17, 15) is 0 Å². The van der Waals surface area contributed by atoms with E-state index in [1.165, 1.54) is 49.2 Å². The Balaban J connectivity index is 0.00000120. The molecule has 1 aliphatic heterocycles. The van der Waals surface area contributed by atoms with Gasteiger partial charge in [-0.1, -0.05) is 138 Å². The summed E-state index contributed by atoms with van der Waals surface area (Å²) in [5, 5.41) is 12.0. The predicted molar refractivity (Wildman–Crippen MR) is 230 cm³/mol. The highest BCUT2D eigenvalue weighted by molar-refractivity contribution is 6.11. The van der Waals surface area contributed by atoms with E-state index in [4.69, 9.17) is 20.8 Å². The fraction of sp³-hybridized carbons (Fsp3) is 0.208. The summed E-state index contributed by atoms with van der Waals surface area (Å²) in [7, 11) is 1.00. The van der Waals surface area contributed by atoms with E-state index in [2.05, 4.69) is 116 Å². The van der Waals surface area contributed by atoms with Crippen LogP contribution in [0.2, 0.25) is 0 Å². The van der Waals surface area contributed by atoms with Crippen LogP contribution in [0.15, 0.2) is 138 Å². The van der Waals surface area contributed by atoms with Crippen molar-refractivity contribution < 1.29 is 5.11 Å². The first-order chi connectivity index (χ1) is 26.4. The molecule has 3 N–H and O–H groups in total. The molecular formula is C48H51N5O. The van der Waals surface area contributed by atoms with Gasteiger partial charge in [0.05, 0.1) is 17.6 Å². The molecule has 0 spiro atoms. The summed E-state index contributed by atoms with van der Waals surface area (Å²) >= 11 is 0. The quantitative estimate of drug-likeness (QED) is 0.133. The van der Waals surface area contributed by atoms with Crippen molar-refractivity contribution in [2.45, 2.75) is 59.9 Å². The average Bonchev–Trinajstić information content (AvgIpc) is 3.80. The molecule has 3 heterocycles. The van der Waals surface area contributed by atoms with E-state index in [-0.39, 0.29) is 5.41 Å². The summed E-state index contributed by atoms with van der Waals surface area (Å²) in [5.74, 6) is 1.05. The van der Waals surface area contributed by atoms with Crippen molar-refractivity contribution in [3.05, 3.63) is 166 Å². The number of aliphatic hydroxyl groups is 1. The van der Waals surface area contributed by atoms with Crippen molar-refractivity contribution in [3.8, 4) is 11.4 Å². The van der Waals surface area contributed by atoms with Crippen LogP contribution in [0.3, 0.4) is 0 Å². The Bertz CT molecular complexity index is 2590. The molecule has 8 rings (SSSR count). The maximum absolute atomic E-state index is 7.00. The van der Waals surface area contributed by atoms with Gasteiger partial charge < -0.3 is 20.0 Å². The highest BCUT2D eigenvalue weighted by Crippen LogP contribution is 2.46. The minimum Gasteiger partial charge on any atom is -0.400 e. The lowest BCUT2D eigenvalue weighted by atomic mass is 9.74. The molecular weight excluding hydrogens is 663 g/mol. The summed E-state index contributed by atoms with van der Waals surface area (Å²) in [6.45, 7) is 13.6. The van der Waals surface area contributed by atoms with E-state index in [1.54, 1.807) is 0 Å². The number of aromatic nitrogens is 2. The third-order valence-electron chi connectivity index (χ3n) is 10.1. The van der Waals surface area contributed by atoms with Crippen LogP contribution in [0.4, 0.5) is 0 Å². The zero-order valence-electron chi connectivity index (χ0n) is 32.5. The number of amidine groups is 2. The monoisotopic (exact) mass is 713 g/mol. The fourth-order valence-electron chi connectivity index (χ4n) is 7.68. The lowest BCUT2D eigenvalue weighted by Crippen LogP contribution is -2.28. The molecule has 0 radical (unpaired) electrons. The van der Waals surface area contributed by atoms with Crippen molar-refractivity contribution in [2.24, 2.45) is 15.7 Å². The van der Waals surface area contributed by atoms with Gasteiger partial charge in [-0.3, -0.25) is 4.99 Å². The van der Waals surface area contributed by atoms with Crippen molar-refractivity contribution in [1.82, 2.24) is 9.13 Å². The molecule has 0 aliphatic carbocycles. The Hall–Kier alpha value is -5.98. The summed E-state index contributed by atoms with van der Waals surface area (Å²) in [6, 6.07) is 42.3. The van der Waals surface area contributed by atoms with Gasteiger partial charge in [0.15, 0.2) is 5.84 Å². The summed E-state index contributed by atoms with van der Waals surface area (Å²) in [6.07, 6.45) is 7.80. The molecule has 7 aromatic rings. The Morgan fingerprint density at radius 2 is 1.43 bits per heavy atom. The van der Waals surface area contributed by atoms with E-state index in [0.29, 0.717) is 18.2 Å². The van der Waals surface area contributed by atoms with Crippen LogP contribution in [0.25, 0.3) is 45.3 Å². The Morgan fingerprint density at radius 1 is 0.759 bits per heavy atom. The molecule has 1 aliphatic rings. The molecule has 0 saturated heterocycles. The SMILES string of the molecule is C/C=c1\c(=C/CC)n(-c2cccc(CN=C(N=C(N)c3ccccc3)c3ccccc3)c2)c2c1cc1c3c2ccn3-c2ccccc2C1(C)C.CC.CO. The zero-order valence-corrected chi connectivity index (χ0v) is 32.5. The molecule has 0 saturated carbocycles. The lowest BCUT2D eigenvalue weighted by Gasteiger charge is -2.34. The minimum absolute atomic E-state index is 0.139. The molecule has 0 amide bonds. The number of para-hydroxylation sites is 1. The van der Waals surface area contributed by atoms with E-state index in [1.807, 2.05) is 74.5 Å². The number of fused-ring (bicyclic) bond motifs is 4. The molecule has 0 unspecified atom stereocenters. The van der Waals surface area contributed by atoms with Gasteiger partial charge in [-0.05, 0) is 60.4 Å². The van der Waals surface area contributed by atoms with Crippen molar-refractivity contribution >= 4 is 45.6 Å². The van der Waals surface area contributed by atoms with Gasteiger partial charge in [-0.2, -0.15) is 0 Å². The first-order valence-electron chi connectivity index (χ1n) is 18.9. The van der Waals surface area contributed by atoms with E-state index >= 15 is 0 Å². The molecule has 5 aromatic carbocycles. The third kappa shape index (κ3) is 6.70. The van der Waals surface area contributed by atoms with Gasteiger partial charge >= 0.3 is 0 Å². The maximum atomic E-state index is 7.00. The normalized spacial score (nSPS) is 14.0. The number of nitrogens with two attached hydrogens (primary N) is 1. The number of rotatable bonds is 6. The van der Waals surface area contributed by atoms with Gasteiger partial charge in [0, 0.05) is 62.6 Å². The standard InChI is InChI=1S/C45H41N5.C2H6.CH4O/c1-5-16-39-34(6-2)36-28-38-42-35(25-26-49(42)40-24-14-13-23-37(40)45(38,3)4)41(36)50(39)33-22-15-17-30(27-33)29-47-44(32-20-11-8-12-21-32)48-43(46)31-18-9-7-10-19-31;2*1-2/h6-28H,5,29H2,1-4H3,(H2,46,47,48);1-2H3;2H,1H3/b34-6-,39-16+;;. The third-order valence-corrected chi connectivity index (χ3v) is 10.1. The van der Waals surface area contributed by atoms with Crippen LogP contribution in [0.5, 0.6) is 0 Å². The number of hydrogen-bond acceptors (Lipinski definition) is 2. The minimum atomic E-state index is -0.139. The number of aliphatic hydroxyl groups excluding tert-OH is 1. The van der Waals surface area contributed by atoms with Gasteiger partial charge in [0.2, 0.25) is 0 Å². The number of benzene rings is 5. The molecule has 0 bridgehead atoms. The lowest BCUT2D eigenvalue weighted by molar-refractivity contribution is 0.399. The fourth-order valence-corrected chi connectivity index (χ4v) is 7.68. The Kier molecular flexibility index (Phi) is 11.4. The van der Waals surface area contributed by atoms with Crippen LogP contribution in [-0.2, 0) is 12.0 Å². The highest BCUT2D eigenvalue weighted by Gasteiger charge is 2.35. The molecule has 6 heteroatoms. The number of nitrogens with zero attached hydrogens (tertiary/aromatic N) is 4. The largest absolute Gasteiger partial charge is 0.400 e. The molecule has 6 nitrogen and oxygen atoms in total. The van der Waals surface area contributed by atoms with Crippen LogP contribution >= 0.6 is 0 Å². The smallest absolute Gasteiger partial charge is 0.157 e. The van der Waals surface area contributed by atoms with Crippen molar-refractivity contribution in [1.29, 1.82) is 0 Å². The topological polar surface area (TPSA) is 80.8 Å². The van der Waals surface area contributed by atoms with Gasteiger partial charge in [-0.25, -0.2) is 4.99 Å². The Labute approximate surface area is 319 Å². The second kappa shape index (κ2) is 16.4. The van der Waals surface area contributed by atoms with Gasteiger partial charge in [0.25, 0.3) is 0 Å². The average molecular weight is 714 g/mol. The number of aliphatic imine (C=N–C) groups is 2. The van der Waals surface area contributed by atoms with E-state index in [0.717, 1.165) is 35.9 Å². The summed E-state index contributed by atoms with van der Waals surface area (Å²) in [4.78, 5) is 9.87. The van der Waals surface area contributed by atoms with Gasteiger partial charge in [0.1, 0.15) is 5.84 Å². The second-order valence-electron chi connectivity index (χ2n) is 13.5.